The molecule has 6 heteroatoms. The van der Waals surface area contributed by atoms with Crippen LogP contribution >= 0.6 is 11.3 Å². The van der Waals surface area contributed by atoms with Crippen LogP contribution in [0.5, 0.6) is 0 Å². The summed E-state index contributed by atoms with van der Waals surface area (Å²) in [6, 6.07) is 1.98. The Labute approximate surface area is 111 Å². The summed E-state index contributed by atoms with van der Waals surface area (Å²) in [5, 5.41) is 13.3. The molecule has 0 spiro atoms. The first-order valence-corrected chi connectivity index (χ1v) is 6.84. The van der Waals surface area contributed by atoms with Gasteiger partial charge in [-0.15, -0.1) is 11.3 Å². The van der Waals surface area contributed by atoms with Gasteiger partial charge in [0.2, 0.25) is 0 Å². The molecule has 1 rings (SSSR count). The summed E-state index contributed by atoms with van der Waals surface area (Å²) < 4.78 is 0. The molecule has 0 saturated heterocycles. The lowest BCUT2D eigenvalue weighted by Crippen LogP contribution is -2.33. The Morgan fingerprint density at radius 2 is 2.28 bits per heavy atom. The molecule has 1 heterocycles. The number of hydrogen-bond donors (Lipinski definition) is 2. The van der Waals surface area contributed by atoms with E-state index in [0.717, 1.165) is 16.9 Å². The molecule has 1 amide bonds. The van der Waals surface area contributed by atoms with E-state index in [-0.39, 0.29) is 11.7 Å². The van der Waals surface area contributed by atoms with E-state index >= 15 is 0 Å². The zero-order chi connectivity index (χ0) is 13.5. The second kappa shape index (κ2) is 7.00. The van der Waals surface area contributed by atoms with Crippen molar-refractivity contribution in [1.29, 1.82) is 0 Å². The molecule has 0 atom stereocenters. The molecule has 3 N–H and O–H groups in total. The molecule has 0 aliphatic carbocycles. The summed E-state index contributed by atoms with van der Waals surface area (Å²) in [6.07, 6.45) is 1.23. The molecule has 0 aliphatic rings. The van der Waals surface area contributed by atoms with Crippen molar-refractivity contribution in [2.45, 2.75) is 26.7 Å². The lowest BCUT2D eigenvalue weighted by Gasteiger charge is -2.20. The van der Waals surface area contributed by atoms with Gasteiger partial charge < -0.3 is 15.8 Å². The Bertz CT molecular complexity index is 429. The first-order valence-electron chi connectivity index (χ1n) is 5.96. The third-order valence-corrected chi connectivity index (χ3v) is 3.70. The van der Waals surface area contributed by atoms with E-state index < -0.39 is 0 Å². The van der Waals surface area contributed by atoms with Gasteiger partial charge in [-0.05, 0) is 30.4 Å². The Morgan fingerprint density at radius 3 is 2.83 bits per heavy atom. The van der Waals surface area contributed by atoms with Gasteiger partial charge >= 0.3 is 0 Å². The summed E-state index contributed by atoms with van der Waals surface area (Å²) >= 11 is 1.46. The second-order valence-electron chi connectivity index (χ2n) is 3.85. The monoisotopic (exact) mass is 269 g/mol. The van der Waals surface area contributed by atoms with E-state index in [1.54, 1.807) is 4.90 Å². The molecule has 0 radical (unpaired) electrons. The van der Waals surface area contributed by atoms with Gasteiger partial charge in [-0.1, -0.05) is 12.1 Å². The van der Waals surface area contributed by atoms with Crippen LogP contribution < -0.4 is 5.73 Å². The maximum absolute atomic E-state index is 12.3. The van der Waals surface area contributed by atoms with Crippen molar-refractivity contribution in [1.82, 2.24) is 4.90 Å². The molecule has 5 nitrogen and oxygen atoms in total. The Kier molecular flexibility index (Phi) is 5.64. The largest absolute Gasteiger partial charge is 0.409 e. The third-order valence-electron chi connectivity index (χ3n) is 2.76. The Hall–Kier alpha value is -1.56. The highest BCUT2D eigenvalue weighted by Crippen LogP contribution is 2.19. The summed E-state index contributed by atoms with van der Waals surface area (Å²) in [5.74, 6) is 0.165. The van der Waals surface area contributed by atoms with Gasteiger partial charge in [0.1, 0.15) is 5.84 Å². The van der Waals surface area contributed by atoms with Gasteiger partial charge in [0.05, 0.1) is 4.88 Å². The third kappa shape index (κ3) is 3.46. The molecule has 0 unspecified atom stereocenters. The van der Waals surface area contributed by atoms with Crippen LogP contribution in [0.3, 0.4) is 0 Å². The normalized spacial score (nSPS) is 11.6. The predicted octanol–water partition coefficient (Wildman–Crippen LogP) is 1.91. The number of hydrogen-bond acceptors (Lipinski definition) is 4. The van der Waals surface area contributed by atoms with Crippen LogP contribution in [0.25, 0.3) is 0 Å². The first kappa shape index (κ1) is 14.5. The van der Waals surface area contributed by atoms with Gasteiger partial charge in [0.15, 0.2) is 0 Å². The van der Waals surface area contributed by atoms with Crippen molar-refractivity contribution >= 4 is 23.1 Å². The fourth-order valence-corrected chi connectivity index (χ4v) is 2.61. The minimum absolute atomic E-state index is 0.0232. The number of thiophene rings is 1. The fourth-order valence-electron chi connectivity index (χ4n) is 1.65. The average Bonchev–Trinajstić information content (AvgIpc) is 2.86. The van der Waals surface area contributed by atoms with Crippen molar-refractivity contribution in [2.24, 2.45) is 10.9 Å². The topological polar surface area (TPSA) is 78.9 Å². The first-order chi connectivity index (χ1) is 8.63. The van der Waals surface area contributed by atoms with Crippen LogP contribution in [0.4, 0.5) is 0 Å². The number of oxime groups is 1. The number of amidine groups is 1. The van der Waals surface area contributed by atoms with E-state index in [0.29, 0.717) is 19.5 Å². The fraction of sp³-hybridized carbons (Fsp3) is 0.500. The highest BCUT2D eigenvalue weighted by atomic mass is 32.1. The van der Waals surface area contributed by atoms with Gasteiger partial charge in [0.25, 0.3) is 5.91 Å². The van der Waals surface area contributed by atoms with E-state index in [1.165, 1.54) is 11.3 Å². The minimum Gasteiger partial charge on any atom is -0.409 e. The van der Waals surface area contributed by atoms with Gasteiger partial charge in [-0.2, -0.15) is 0 Å². The SMILES string of the molecule is CCc1ccsc1C(=O)N(CC)CCC(N)=NO. The predicted molar refractivity (Wildman–Crippen MR) is 73.3 cm³/mol. The number of nitrogens with two attached hydrogens (primary N) is 1. The number of rotatable bonds is 6. The number of aryl methyl sites for hydroxylation is 1. The van der Waals surface area contributed by atoms with Gasteiger partial charge in [-0.25, -0.2) is 0 Å². The van der Waals surface area contributed by atoms with E-state index in [9.17, 15) is 4.79 Å². The molecule has 0 bridgehead atoms. The smallest absolute Gasteiger partial charge is 0.264 e. The van der Waals surface area contributed by atoms with Crippen molar-refractivity contribution in [3.05, 3.63) is 21.9 Å². The standard InChI is InChI=1S/C12H19N3O2S/c1-3-9-6-8-18-11(9)12(16)15(4-2)7-5-10(13)14-17/h6,8,17H,3-5,7H2,1-2H3,(H2,13,14). The molecule has 0 aliphatic heterocycles. The van der Waals surface area contributed by atoms with Crippen LogP contribution in [-0.2, 0) is 6.42 Å². The molecule has 0 saturated carbocycles. The zero-order valence-corrected chi connectivity index (χ0v) is 11.5. The molecule has 1 aromatic rings. The van der Waals surface area contributed by atoms with Crippen molar-refractivity contribution in [3.63, 3.8) is 0 Å². The van der Waals surface area contributed by atoms with Crippen molar-refractivity contribution in [3.8, 4) is 0 Å². The molecular formula is C12H19N3O2S. The summed E-state index contributed by atoms with van der Waals surface area (Å²) in [5.41, 5.74) is 6.49. The highest BCUT2D eigenvalue weighted by Gasteiger charge is 2.18. The lowest BCUT2D eigenvalue weighted by atomic mass is 10.2. The van der Waals surface area contributed by atoms with E-state index in [2.05, 4.69) is 5.16 Å². The minimum atomic E-state index is 0.0232. The summed E-state index contributed by atoms with van der Waals surface area (Å²) in [6.45, 7) is 5.03. The van der Waals surface area contributed by atoms with Crippen LogP contribution in [0, 0.1) is 0 Å². The molecule has 1 aromatic heterocycles. The van der Waals surface area contributed by atoms with Crippen molar-refractivity contribution < 1.29 is 10.0 Å². The Balaban J connectivity index is 2.73. The average molecular weight is 269 g/mol. The van der Waals surface area contributed by atoms with Gasteiger partial charge in [-0.3, -0.25) is 4.79 Å². The summed E-state index contributed by atoms with van der Waals surface area (Å²) in [4.78, 5) is 14.8. The quantitative estimate of drug-likeness (QED) is 0.358. The van der Waals surface area contributed by atoms with Crippen LogP contribution in [0.1, 0.15) is 35.5 Å². The number of carbonyl (C=O) groups is 1. The summed E-state index contributed by atoms with van der Waals surface area (Å²) in [7, 11) is 0. The maximum Gasteiger partial charge on any atom is 0.264 e. The lowest BCUT2D eigenvalue weighted by molar-refractivity contribution is 0.0772. The van der Waals surface area contributed by atoms with E-state index in [1.807, 2.05) is 25.3 Å². The van der Waals surface area contributed by atoms with E-state index in [4.69, 9.17) is 10.9 Å². The van der Waals surface area contributed by atoms with Crippen LogP contribution in [-0.4, -0.2) is 34.9 Å². The zero-order valence-electron chi connectivity index (χ0n) is 10.7. The molecular weight excluding hydrogens is 250 g/mol. The number of amides is 1. The van der Waals surface area contributed by atoms with Gasteiger partial charge in [0, 0.05) is 19.5 Å². The van der Waals surface area contributed by atoms with Crippen LogP contribution in [0.2, 0.25) is 0 Å². The molecule has 100 valence electrons. The number of nitrogens with zero attached hydrogens (tertiary/aromatic N) is 2. The molecule has 0 fully saturated rings. The van der Waals surface area contributed by atoms with Crippen molar-refractivity contribution in [2.75, 3.05) is 13.1 Å². The molecule has 18 heavy (non-hydrogen) atoms. The maximum atomic E-state index is 12.3. The Morgan fingerprint density at radius 1 is 1.56 bits per heavy atom. The second-order valence-corrected chi connectivity index (χ2v) is 4.77. The highest BCUT2D eigenvalue weighted by molar-refractivity contribution is 7.12. The van der Waals surface area contributed by atoms with Crippen LogP contribution in [0.15, 0.2) is 16.6 Å². The molecule has 0 aromatic carbocycles. The number of carbonyl (C=O) groups excluding carboxylic acids is 1.